The van der Waals surface area contributed by atoms with Crippen LogP contribution < -0.4 is 25.4 Å². The van der Waals surface area contributed by atoms with Gasteiger partial charge in [-0.1, -0.05) is 54.6 Å². The standard InChI is InChI=1S/C51H42N6O10.C22H17N3O3.C7H10O6.HI/c1-54-23-34(30-9-5-7-11-38(30)54)44-46(50(62)52-48(44)60)36-25-56(3)40-21-28(13-15-32(36)40)66-42(58)17-19-64-27-65-20-18-43(59)67-29-14-16-33-37(26-57(4)41(33)22-29)47-45(49(61)53-51(47)63)35-24-55(2)39-12-8-6-10-31(35)39;1-24-10-15(13-5-3-4-6-17(13)24)19-20(22(28)23-21(19)27)16-11-25(2)18-9-12(26)7-8-14(16)18;1-5(7(10)11)13-4-12-3-2-6(8)9;/h5-16,21-26H,17-20,27H2,1-4H3,(H,52,60,62)(H,53,61,63);3-11,26H,1-2H3,(H,23,27,28);1-4H2,(H,8,9)(H,10,11);1H. The van der Waals surface area contributed by atoms with Crippen LogP contribution in [0.15, 0.2) is 177 Å². The number of aromatic nitrogens is 6. The molecule has 0 aliphatic carbocycles. The number of aromatic hydroxyl groups is 1. The van der Waals surface area contributed by atoms with Crippen LogP contribution in [0, 0.1) is 0 Å². The first kappa shape index (κ1) is 75.7. The Morgan fingerprint density at radius 3 is 0.991 bits per heavy atom. The molecular weight excluding hydrogens is 1520 g/mol. The minimum absolute atomic E-state index is 0. The summed E-state index contributed by atoms with van der Waals surface area (Å²) in [6.07, 6.45) is 10.7. The van der Waals surface area contributed by atoms with Crippen molar-refractivity contribution in [2.45, 2.75) is 19.3 Å². The summed E-state index contributed by atoms with van der Waals surface area (Å²) in [5.74, 6) is -5.75. The molecule has 3 aliphatic heterocycles. The summed E-state index contributed by atoms with van der Waals surface area (Å²) >= 11 is 0. The Bertz CT molecular complexity index is 5720. The highest BCUT2D eigenvalue weighted by Crippen LogP contribution is 2.43. The van der Waals surface area contributed by atoms with Crippen molar-refractivity contribution in [1.82, 2.24) is 43.4 Å². The first-order valence-electron chi connectivity index (χ1n) is 33.7. The molecule has 0 bridgehead atoms. The van der Waals surface area contributed by atoms with Gasteiger partial charge < -0.3 is 71.1 Å². The number of rotatable bonds is 23. The first-order valence-corrected chi connectivity index (χ1v) is 33.7. The summed E-state index contributed by atoms with van der Waals surface area (Å²) < 4.78 is 42.5. The molecule has 6 aromatic heterocycles. The number of aliphatic carboxylic acids is 2. The molecule has 29 heteroatoms. The summed E-state index contributed by atoms with van der Waals surface area (Å²) in [4.78, 5) is 124. The van der Waals surface area contributed by atoms with E-state index >= 15 is 0 Å². The number of hydrogen-bond acceptors (Lipinski definition) is 17. The van der Waals surface area contributed by atoms with Gasteiger partial charge >= 0.3 is 23.9 Å². The van der Waals surface area contributed by atoms with E-state index in [1.54, 1.807) is 67.0 Å². The number of nitrogens with zero attached hydrogens (tertiary/aromatic N) is 6. The van der Waals surface area contributed by atoms with Gasteiger partial charge in [-0.25, -0.2) is 4.79 Å². The molecule has 556 valence electrons. The van der Waals surface area contributed by atoms with E-state index < -0.39 is 65.1 Å². The third kappa shape index (κ3) is 15.1. The first-order chi connectivity index (χ1) is 51.8. The SMILES string of the molecule is C=C(OCOCCC(=O)O)C(=O)O.Cn1cc(C2=C(c3cn(C)c4cc(O)ccc34)C(=O)NC2=O)c2ccccc21.Cn1cc(C2=C(c3cn(C)c4cc(OC(=O)CCOCOCCC(=O)Oc5ccc6c(C7=C(c8cn(C)c9ccccc89)C(=O)NC7=O)cn(C)c6c5)ccc34)C(=O)NC2=O)c2ccccc21.I. The summed E-state index contributed by atoms with van der Waals surface area (Å²) in [5.41, 5.74) is 10.8. The third-order valence-electron chi connectivity index (χ3n) is 18.5. The lowest BCUT2D eigenvalue weighted by molar-refractivity contribution is -0.143. The summed E-state index contributed by atoms with van der Waals surface area (Å²) in [6, 6.07) is 38.3. The highest BCUT2D eigenvalue weighted by atomic mass is 127. The molecule has 6 aromatic carbocycles. The van der Waals surface area contributed by atoms with Crippen LogP contribution in [0.1, 0.15) is 52.6 Å². The van der Waals surface area contributed by atoms with Gasteiger partial charge in [0.2, 0.25) is 0 Å². The van der Waals surface area contributed by atoms with E-state index in [0.717, 1.165) is 49.2 Å². The number of hydrogen-bond donors (Lipinski definition) is 6. The molecule has 12 aromatic rings. The number of nitrogens with one attached hydrogen (secondary N) is 3. The Labute approximate surface area is 636 Å². The van der Waals surface area contributed by atoms with Gasteiger partial charge in [0.15, 0.2) is 12.6 Å². The number of ether oxygens (including phenoxy) is 6. The van der Waals surface area contributed by atoms with Crippen LogP contribution in [0.2, 0.25) is 0 Å². The van der Waals surface area contributed by atoms with E-state index in [0.29, 0.717) is 83.4 Å². The minimum atomic E-state index is -1.28. The second-order valence-corrected chi connectivity index (χ2v) is 25.6. The number of amides is 6. The molecule has 6 amide bonds. The van der Waals surface area contributed by atoms with E-state index in [9.17, 15) is 53.1 Å². The summed E-state index contributed by atoms with van der Waals surface area (Å²) in [6.45, 7) is 2.57. The maximum atomic E-state index is 13.3. The van der Waals surface area contributed by atoms with Crippen LogP contribution in [-0.4, -0.2) is 135 Å². The zero-order valence-electron chi connectivity index (χ0n) is 59.4. The van der Waals surface area contributed by atoms with E-state index in [4.69, 9.17) is 29.2 Å². The van der Waals surface area contributed by atoms with Gasteiger partial charge in [-0.3, -0.25) is 59.1 Å². The predicted molar refractivity (Wildman–Crippen MR) is 413 cm³/mol. The van der Waals surface area contributed by atoms with E-state index in [1.807, 2.05) is 167 Å². The molecule has 0 radical (unpaired) electrons. The zero-order chi connectivity index (χ0) is 76.5. The van der Waals surface area contributed by atoms with Gasteiger partial charge in [-0.05, 0) is 61.2 Å². The van der Waals surface area contributed by atoms with Gasteiger partial charge in [0.05, 0.1) is 89.1 Å². The Balaban J connectivity index is 0.000000215. The van der Waals surface area contributed by atoms with Crippen molar-refractivity contribution < 1.29 is 91.7 Å². The Morgan fingerprint density at radius 2 is 0.661 bits per heavy atom. The molecule has 0 fully saturated rings. The van der Waals surface area contributed by atoms with Gasteiger partial charge in [-0.2, -0.15) is 0 Å². The normalized spacial score (nSPS) is 13.5. The number of para-hydroxylation sites is 3. The van der Waals surface area contributed by atoms with E-state index in [1.165, 1.54) is 0 Å². The zero-order valence-corrected chi connectivity index (χ0v) is 61.7. The predicted octanol–water partition coefficient (Wildman–Crippen LogP) is 9.68. The lowest BCUT2D eigenvalue weighted by atomic mass is 9.95. The number of aryl methyl sites for hydroxylation is 6. The fraction of sp³-hybridized carbons (Fsp3) is 0.175. The lowest BCUT2D eigenvalue weighted by Gasteiger charge is -2.08. The average Bonchev–Trinajstić information content (AvgIpc) is 1.60. The van der Waals surface area contributed by atoms with Crippen LogP contribution in [-0.2, 0) is 109 Å². The lowest BCUT2D eigenvalue weighted by Crippen LogP contribution is -2.22. The molecule has 0 saturated heterocycles. The molecule has 0 spiro atoms. The van der Waals surface area contributed by atoms with Crippen molar-refractivity contribution in [3.63, 3.8) is 0 Å². The molecule has 28 nitrogen and oxygen atoms in total. The molecule has 15 rings (SSSR count). The molecule has 0 saturated carbocycles. The maximum Gasteiger partial charge on any atom is 0.370 e. The molecule has 3 aliphatic rings. The molecule has 0 atom stereocenters. The molecule has 0 unspecified atom stereocenters. The van der Waals surface area contributed by atoms with Crippen LogP contribution in [0.3, 0.4) is 0 Å². The average molecular weight is 1590 g/mol. The molecule has 9 heterocycles. The number of carbonyl (C=O) groups is 10. The topological polar surface area (TPSA) is 352 Å². The Hall–Kier alpha value is -13.0. The largest absolute Gasteiger partial charge is 0.508 e. The highest BCUT2D eigenvalue weighted by molar-refractivity contribution is 14.0. The van der Waals surface area contributed by atoms with Crippen molar-refractivity contribution in [1.29, 1.82) is 0 Å². The van der Waals surface area contributed by atoms with Crippen molar-refractivity contribution in [2.24, 2.45) is 42.3 Å². The van der Waals surface area contributed by atoms with Gasteiger partial charge in [0, 0.05) is 180 Å². The smallest absolute Gasteiger partial charge is 0.370 e. The van der Waals surface area contributed by atoms with Crippen molar-refractivity contribution in [3.05, 3.63) is 210 Å². The second kappa shape index (κ2) is 31.6. The minimum Gasteiger partial charge on any atom is -0.508 e. The number of halogens is 1. The summed E-state index contributed by atoms with van der Waals surface area (Å²) in [7, 11) is 11.2. The highest BCUT2D eigenvalue weighted by Gasteiger charge is 2.39. The second-order valence-electron chi connectivity index (χ2n) is 25.6. The quantitative estimate of drug-likeness (QED) is 0.00507. The molecular formula is C80H70IN9O19. The van der Waals surface area contributed by atoms with Crippen molar-refractivity contribution >= 4 is 182 Å². The monoisotopic (exact) mass is 1590 g/mol. The third-order valence-corrected chi connectivity index (χ3v) is 18.5. The number of carbonyl (C=O) groups excluding carboxylic acids is 8. The van der Waals surface area contributed by atoms with Gasteiger partial charge in [0.25, 0.3) is 35.4 Å². The molecule has 109 heavy (non-hydrogen) atoms. The molecule has 6 N–H and O–H groups in total. The van der Waals surface area contributed by atoms with Crippen LogP contribution in [0.25, 0.3) is 98.9 Å². The number of imide groups is 3. The number of esters is 2. The van der Waals surface area contributed by atoms with E-state index in [-0.39, 0.29) is 93.5 Å². The number of carboxylic acid groups (broad SMARTS) is 2. The van der Waals surface area contributed by atoms with Crippen molar-refractivity contribution in [2.75, 3.05) is 33.4 Å². The number of carboxylic acids is 2. The number of phenolic OH excluding ortho intramolecular Hbond substituents is 1. The van der Waals surface area contributed by atoms with Gasteiger partial charge in [0.1, 0.15) is 24.0 Å². The van der Waals surface area contributed by atoms with E-state index in [2.05, 4.69) is 32.0 Å². The van der Waals surface area contributed by atoms with Crippen molar-refractivity contribution in [3.8, 4) is 17.2 Å². The van der Waals surface area contributed by atoms with Crippen LogP contribution in [0.4, 0.5) is 0 Å². The Morgan fingerprint density at radius 1 is 0.376 bits per heavy atom. The number of fused-ring (bicyclic) bond motifs is 6. The van der Waals surface area contributed by atoms with Crippen LogP contribution in [0.5, 0.6) is 17.2 Å². The van der Waals surface area contributed by atoms with Gasteiger partial charge in [-0.15, -0.1) is 24.0 Å². The van der Waals surface area contributed by atoms with Crippen LogP contribution >= 0.6 is 24.0 Å². The number of phenols is 1. The fourth-order valence-corrected chi connectivity index (χ4v) is 13.6. The fourth-order valence-electron chi connectivity index (χ4n) is 13.6. The maximum absolute atomic E-state index is 13.3. The Kier molecular flexibility index (Phi) is 22.0. The summed E-state index contributed by atoms with van der Waals surface area (Å²) in [5, 5.41) is 38.5. The number of benzene rings is 6.